The Morgan fingerprint density at radius 2 is 1.86 bits per heavy atom. The average molecular weight is 288 g/mol. The van der Waals surface area contributed by atoms with Crippen LogP contribution in [0, 0.1) is 5.41 Å². The third-order valence-corrected chi connectivity index (χ3v) is 4.62. The predicted molar refractivity (Wildman–Crippen MR) is 88.4 cm³/mol. The highest BCUT2D eigenvalue weighted by Crippen LogP contribution is 2.38. The van der Waals surface area contributed by atoms with Crippen molar-refractivity contribution in [2.24, 2.45) is 5.41 Å². The van der Waals surface area contributed by atoms with Crippen LogP contribution in [0.2, 0.25) is 0 Å². The zero-order valence-corrected chi connectivity index (χ0v) is 13.5. The molecule has 116 valence electrons. The van der Waals surface area contributed by atoms with Crippen LogP contribution in [-0.4, -0.2) is 12.5 Å². The van der Waals surface area contributed by atoms with Gasteiger partial charge in [-0.05, 0) is 50.4 Å². The lowest BCUT2D eigenvalue weighted by Gasteiger charge is -2.22. The summed E-state index contributed by atoms with van der Waals surface area (Å²) in [7, 11) is 0. The molecule has 0 bridgehead atoms. The SMILES string of the molecule is CCCNC(C)c1ccc(NC(=O)C2(C)CCCC2)cc1. The Hall–Kier alpha value is -1.35. The van der Waals surface area contributed by atoms with Crippen molar-refractivity contribution < 1.29 is 4.79 Å². The first kappa shape index (κ1) is 16.0. The van der Waals surface area contributed by atoms with Crippen LogP contribution in [0.3, 0.4) is 0 Å². The Morgan fingerprint density at radius 1 is 1.24 bits per heavy atom. The largest absolute Gasteiger partial charge is 0.326 e. The van der Waals surface area contributed by atoms with E-state index in [0.29, 0.717) is 6.04 Å². The van der Waals surface area contributed by atoms with Crippen LogP contribution in [0.4, 0.5) is 5.69 Å². The van der Waals surface area contributed by atoms with Gasteiger partial charge in [-0.2, -0.15) is 0 Å². The fourth-order valence-corrected chi connectivity index (χ4v) is 3.00. The van der Waals surface area contributed by atoms with E-state index in [1.165, 1.54) is 18.4 Å². The maximum atomic E-state index is 12.4. The van der Waals surface area contributed by atoms with E-state index >= 15 is 0 Å². The summed E-state index contributed by atoms with van der Waals surface area (Å²) in [5.41, 5.74) is 1.99. The van der Waals surface area contributed by atoms with Crippen LogP contribution in [0.25, 0.3) is 0 Å². The minimum absolute atomic E-state index is 0.171. The summed E-state index contributed by atoms with van der Waals surface area (Å²) in [4.78, 5) is 12.4. The molecule has 1 amide bonds. The molecule has 0 heterocycles. The number of nitrogens with one attached hydrogen (secondary N) is 2. The van der Waals surface area contributed by atoms with Crippen LogP contribution in [-0.2, 0) is 4.79 Å². The van der Waals surface area contributed by atoms with Crippen molar-refractivity contribution in [2.75, 3.05) is 11.9 Å². The van der Waals surface area contributed by atoms with E-state index in [2.05, 4.69) is 43.5 Å². The molecule has 2 rings (SSSR count). The first-order chi connectivity index (χ1) is 10.0. The summed E-state index contributed by atoms with van der Waals surface area (Å²) in [5, 5.41) is 6.55. The molecule has 0 spiro atoms. The number of hydrogen-bond donors (Lipinski definition) is 2. The second kappa shape index (κ2) is 7.08. The van der Waals surface area contributed by atoms with E-state index in [1.807, 2.05) is 12.1 Å². The molecular weight excluding hydrogens is 260 g/mol. The lowest BCUT2D eigenvalue weighted by molar-refractivity contribution is -0.124. The van der Waals surface area contributed by atoms with Gasteiger partial charge in [0, 0.05) is 17.1 Å². The van der Waals surface area contributed by atoms with Crippen LogP contribution in [0.5, 0.6) is 0 Å². The molecule has 1 atom stereocenters. The molecule has 3 nitrogen and oxygen atoms in total. The number of amides is 1. The summed E-state index contributed by atoms with van der Waals surface area (Å²) in [5.74, 6) is 0.171. The van der Waals surface area contributed by atoms with E-state index in [4.69, 9.17) is 0 Å². The molecule has 1 aromatic rings. The minimum atomic E-state index is -0.172. The number of benzene rings is 1. The van der Waals surface area contributed by atoms with Gasteiger partial charge in [0.25, 0.3) is 0 Å². The molecule has 0 radical (unpaired) electrons. The van der Waals surface area contributed by atoms with Crippen LogP contribution in [0.1, 0.15) is 64.5 Å². The Morgan fingerprint density at radius 3 is 2.43 bits per heavy atom. The number of carbonyl (C=O) groups is 1. The number of anilines is 1. The van der Waals surface area contributed by atoms with Gasteiger partial charge in [-0.3, -0.25) is 4.79 Å². The molecule has 21 heavy (non-hydrogen) atoms. The van der Waals surface area contributed by atoms with Gasteiger partial charge < -0.3 is 10.6 Å². The second-order valence-corrected chi connectivity index (χ2v) is 6.52. The quantitative estimate of drug-likeness (QED) is 0.821. The first-order valence-electron chi connectivity index (χ1n) is 8.20. The Bertz CT molecular complexity index is 461. The van der Waals surface area contributed by atoms with Crippen molar-refractivity contribution in [2.45, 2.75) is 58.9 Å². The minimum Gasteiger partial charge on any atom is -0.326 e. The number of rotatable bonds is 6. The van der Waals surface area contributed by atoms with Gasteiger partial charge in [0.05, 0.1) is 0 Å². The predicted octanol–water partition coefficient (Wildman–Crippen LogP) is 4.27. The molecule has 0 aromatic heterocycles. The highest BCUT2D eigenvalue weighted by Gasteiger charge is 2.36. The van der Waals surface area contributed by atoms with E-state index in [9.17, 15) is 4.79 Å². The first-order valence-corrected chi connectivity index (χ1v) is 8.20. The number of carbonyl (C=O) groups excluding carboxylic acids is 1. The fraction of sp³-hybridized carbons (Fsp3) is 0.611. The van der Waals surface area contributed by atoms with Crippen LogP contribution >= 0.6 is 0 Å². The lowest BCUT2D eigenvalue weighted by Crippen LogP contribution is -2.30. The molecule has 2 N–H and O–H groups in total. The monoisotopic (exact) mass is 288 g/mol. The third kappa shape index (κ3) is 4.07. The Kier molecular flexibility index (Phi) is 5.40. The van der Waals surface area contributed by atoms with Crippen molar-refractivity contribution in [1.82, 2.24) is 5.32 Å². The fourth-order valence-electron chi connectivity index (χ4n) is 3.00. The zero-order valence-electron chi connectivity index (χ0n) is 13.5. The standard InChI is InChI=1S/C18H28N2O/c1-4-13-19-14(2)15-7-9-16(10-8-15)20-17(21)18(3)11-5-6-12-18/h7-10,14,19H,4-6,11-13H2,1-3H3,(H,20,21). The molecule has 1 aliphatic rings. The molecular formula is C18H28N2O. The summed E-state index contributed by atoms with van der Waals surface area (Å²) in [6.07, 6.45) is 5.49. The van der Waals surface area contributed by atoms with Gasteiger partial charge in [-0.1, -0.05) is 38.8 Å². The molecule has 1 aliphatic carbocycles. The maximum Gasteiger partial charge on any atom is 0.230 e. The Balaban J connectivity index is 1.94. The summed E-state index contributed by atoms with van der Waals surface area (Å²) in [6, 6.07) is 8.56. The van der Waals surface area contributed by atoms with Crippen molar-refractivity contribution >= 4 is 11.6 Å². The second-order valence-electron chi connectivity index (χ2n) is 6.52. The van der Waals surface area contributed by atoms with Crippen molar-refractivity contribution in [1.29, 1.82) is 0 Å². The summed E-state index contributed by atoms with van der Waals surface area (Å²) in [6.45, 7) is 7.45. The van der Waals surface area contributed by atoms with Gasteiger partial charge in [0.2, 0.25) is 5.91 Å². The molecule has 3 heteroatoms. The third-order valence-electron chi connectivity index (χ3n) is 4.62. The van der Waals surface area contributed by atoms with E-state index < -0.39 is 0 Å². The normalized spacial score (nSPS) is 18.4. The van der Waals surface area contributed by atoms with E-state index in [0.717, 1.165) is 31.5 Å². The molecule has 1 aromatic carbocycles. The molecule has 1 saturated carbocycles. The molecule has 1 fully saturated rings. The molecule has 0 saturated heterocycles. The average Bonchev–Trinajstić information content (AvgIpc) is 2.94. The maximum absolute atomic E-state index is 12.4. The Labute approximate surface area is 128 Å². The lowest BCUT2D eigenvalue weighted by atomic mass is 9.88. The highest BCUT2D eigenvalue weighted by molar-refractivity contribution is 5.95. The van der Waals surface area contributed by atoms with E-state index in [1.54, 1.807) is 0 Å². The topological polar surface area (TPSA) is 41.1 Å². The van der Waals surface area contributed by atoms with Gasteiger partial charge in [0.1, 0.15) is 0 Å². The smallest absolute Gasteiger partial charge is 0.230 e. The summed E-state index contributed by atoms with van der Waals surface area (Å²) < 4.78 is 0. The van der Waals surface area contributed by atoms with Gasteiger partial charge in [0.15, 0.2) is 0 Å². The molecule has 0 aliphatic heterocycles. The van der Waals surface area contributed by atoms with Crippen LogP contribution < -0.4 is 10.6 Å². The van der Waals surface area contributed by atoms with Gasteiger partial charge in [-0.25, -0.2) is 0 Å². The van der Waals surface area contributed by atoms with Crippen LogP contribution in [0.15, 0.2) is 24.3 Å². The summed E-state index contributed by atoms with van der Waals surface area (Å²) >= 11 is 0. The molecule has 1 unspecified atom stereocenters. The van der Waals surface area contributed by atoms with E-state index in [-0.39, 0.29) is 11.3 Å². The van der Waals surface area contributed by atoms with Gasteiger partial charge in [-0.15, -0.1) is 0 Å². The van der Waals surface area contributed by atoms with Crippen molar-refractivity contribution in [3.63, 3.8) is 0 Å². The van der Waals surface area contributed by atoms with Gasteiger partial charge >= 0.3 is 0 Å². The zero-order chi connectivity index (χ0) is 15.3. The van der Waals surface area contributed by atoms with Crippen molar-refractivity contribution in [3.8, 4) is 0 Å². The highest BCUT2D eigenvalue weighted by atomic mass is 16.2. The van der Waals surface area contributed by atoms with Crippen molar-refractivity contribution in [3.05, 3.63) is 29.8 Å². The number of hydrogen-bond acceptors (Lipinski definition) is 2.